The Morgan fingerprint density at radius 1 is 1.19 bits per heavy atom. The molecule has 0 aromatic heterocycles. The SMILES string of the molecule is CC(=O)Cc1ccc(OCC2Cc3ccccc3S2)cc1. The third kappa shape index (κ3) is 3.67. The van der Waals surface area contributed by atoms with Crippen molar-refractivity contribution in [3.63, 3.8) is 0 Å². The van der Waals surface area contributed by atoms with E-state index in [2.05, 4.69) is 24.3 Å². The number of benzene rings is 2. The van der Waals surface area contributed by atoms with E-state index in [9.17, 15) is 4.79 Å². The summed E-state index contributed by atoms with van der Waals surface area (Å²) in [6.07, 6.45) is 1.57. The van der Waals surface area contributed by atoms with E-state index >= 15 is 0 Å². The minimum Gasteiger partial charge on any atom is -0.492 e. The van der Waals surface area contributed by atoms with Crippen LogP contribution in [0, 0.1) is 0 Å². The molecule has 2 aromatic carbocycles. The zero-order valence-corrected chi connectivity index (χ0v) is 12.9. The summed E-state index contributed by atoms with van der Waals surface area (Å²) < 4.78 is 5.88. The molecular weight excluding hydrogens is 280 g/mol. The lowest BCUT2D eigenvalue weighted by atomic mass is 10.1. The van der Waals surface area contributed by atoms with Crippen molar-refractivity contribution < 1.29 is 9.53 Å². The number of carbonyl (C=O) groups excluding carboxylic acids is 1. The van der Waals surface area contributed by atoms with Gasteiger partial charge < -0.3 is 4.74 Å². The molecule has 1 unspecified atom stereocenters. The highest BCUT2D eigenvalue weighted by molar-refractivity contribution is 8.00. The molecule has 1 aliphatic rings. The summed E-state index contributed by atoms with van der Waals surface area (Å²) in [6, 6.07) is 16.4. The van der Waals surface area contributed by atoms with E-state index < -0.39 is 0 Å². The van der Waals surface area contributed by atoms with Crippen LogP contribution in [0.3, 0.4) is 0 Å². The average Bonchev–Trinajstić information content (AvgIpc) is 2.89. The molecule has 0 spiro atoms. The zero-order valence-electron chi connectivity index (χ0n) is 12.0. The second-order valence-electron chi connectivity index (χ2n) is 5.39. The molecule has 3 rings (SSSR count). The van der Waals surface area contributed by atoms with Crippen molar-refractivity contribution in [3.05, 3.63) is 59.7 Å². The van der Waals surface area contributed by atoms with E-state index in [1.54, 1.807) is 6.92 Å². The summed E-state index contributed by atoms with van der Waals surface area (Å²) in [5.41, 5.74) is 2.46. The molecule has 1 atom stereocenters. The van der Waals surface area contributed by atoms with Crippen LogP contribution in [0.5, 0.6) is 5.75 Å². The first kappa shape index (κ1) is 14.2. The quantitative estimate of drug-likeness (QED) is 0.837. The van der Waals surface area contributed by atoms with Crippen molar-refractivity contribution in [1.82, 2.24) is 0 Å². The van der Waals surface area contributed by atoms with Crippen LogP contribution in [-0.2, 0) is 17.6 Å². The number of thioether (sulfide) groups is 1. The van der Waals surface area contributed by atoms with E-state index in [1.165, 1.54) is 10.5 Å². The summed E-state index contributed by atoms with van der Waals surface area (Å²) in [5, 5.41) is 0.485. The monoisotopic (exact) mass is 298 g/mol. The molecule has 0 amide bonds. The summed E-state index contributed by atoms with van der Waals surface area (Å²) in [6.45, 7) is 2.32. The Morgan fingerprint density at radius 2 is 1.95 bits per heavy atom. The largest absolute Gasteiger partial charge is 0.492 e. The molecule has 108 valence electrons. The highest BCUT2D eigenvalue weighted by Gasteiger charge is 2.22. The van der Waals surface area contributed by atoms with Crippen LogP contribution in [0.1, 0.15) is 18.1 Å². The maximum absolute atomic E-state index is 11.1. The fourth-order valence-electron chi connectivity index (χ4n) is 2.53. The highest BCUT2D eigenvalue weighted by atomic mass is 32.2. The molecule has 2 nitrogen and oxygen atoms in total. The molecule has 0 aliphatic carbocycles. The van der Waals surface area contributed by atoms with Crippen molar-refractivity contribution in [3.8, 4) is 5.75 Å². The molecular formula is C18H18O2S. The van der Waals surface area contributed by atoms with E-state index in [1.807, 2.05) is 36.0 Å². The standard InChI is InChI=1S/C18H18O2S/c1-13(19)10-14-6-8-16(9-7-14)20-12-17-11-15-4-2-3-5-18(15)21-17/h2-9,17H,10-12H2,1H3. The highest BCUT2D eigenvalue weighted by Crippen LogP contribution is 2.36. The van der Waals surface area contributed by atoms with Crippen molar-refractivity contribution in [1.29, 1.82) is 0 Å². The molecule has 1 aliphatic heterocycles. The number of ether oxygens (including phenoxy) is 1. The number of fused-ring (bicyclic) bond motifs is 1. The van der Waals surface area contributed by atoms with Gasteiger partial charge in [-0.3, -0.25) is 4.79 Å². The minimum atomic E-state index is 0.184. The molecule has 21 heavy (non-hydrogen) atoms. The molecule has 0 saturated carbocycles. The Morgan fingerprint density at radius 3 is 2.67 bits per heavy atom. The summed E-state index contributed by atoms with van der Waals surface area (Å²) in [5.74, 6) is 1.06. The van der Waals surface area contributed by atoms with Crippen molar-refractivity contribution in [2.45, 2.75) is 29.9 Å². The van der Waals surface area contributed by atoms with E-state index in [0.29, 0.717) is 18.3 Å². The zero-order chi connectivity index (χ0) is 14.7. The number of Topliss-reactive ketones (excluding diaryl/α,β-unsaturated/α-hetero) is 1. The number of hydrogen-bond acceptors (Lipinski definition) is 3. The van der Waals surface area contributed by atoms with Gasteiger partial charge in [-0.15, -0.1) is 11.8 Å². The Bertz CT molecular complexity index is 609. The Hall–Kier alpha value is -1.74. The summed E-state index contributed by atoms with van der Waals surface area (Å²) in [7, 11) is 0. The van der Waals surface area contributed by atoms with Gasteiger partial charge in [0, 0.05) is 16.6 Å². The van der Waals surface area contributed by atoms with Gasteiger partial charge in [-0.25, -0.2) is 0 Å². The second kappa shape index (κ2) is 6.35. The van der Waals surface area contributed by atoms with Crippen LogP contribution in [-0.4, -0.2) is 17.6 Å². The van der Waals surface area contributed by atoms with Gasteiger partial charge in [-0.05, 0) is 42.7 Å². The van der Waals surface area contributed by atoms with Crippen molar-refractivity contribution in [2.75, 3.05) is 6.61 Å². The van der Waals surface area contributed by atoms with Gasteiger partial charge in [-0.1, -0.05) is 30.3 Å². The molecule has 0 saturated heterocycles. The van der Waals surface area contributed by atoms with Crippen LogP contribution in [0.4, 0.5) is 0 Å². The molecule has 3 heteroatoms. The minimum absolute atomic E-state index is 0.184. The molecule has 0 fully saturated rings. The van der Waals surface area contributed by atoms with Gasteiger partial charge in [0.15, 0.2) is 0 Å². The van der Waals surface area contributed by atoms with Gasteiger partial charge in [0.25, 0.3) is 0 Å². The Kier molecular flexibility index (Phi) is 4.30. The maximum Gasteiger partial charge on any atom is 0.134 e. The number of rotatable bonds is 5. The van der Waals surface area contributed by atoms with Crippen molar-refractivity contribution in [2.24, 2.45) is 0 Å². The lowest BCUT2D eigenvalue weighted by Crippen LogP contribution is -2.13. The van der Waals surface area contributed by atoms with Gasteiger partial charge in [0.05, 0.1) is 0 Å². The molecule has 1 heterocycles. The number of hydrogen-bond donors (Lipinski definition) is 0. The number of carbonyl (C=O) groups is 1. The van der Waals surface area contributed by atoms with Gasteiger partial charge in [0.1, 0.15) is 18.1 Å². The first-order valence-corrected chi connectivity index (χ1v) is 8.04. The summed E-state index contributed by atoms with van der Waals surface area (Å²) in [4.78, 5) is 12.4. The number of ketones is 1. The second-order valence-corrected chi connectivity index (χ2v) is 6.73. The maximum atomic E-state index is 11.1. The first-order valence-electron chi connectivity index (χ1n) is 7.16. The van der Waals surface area contributed by atoms with Crippen LogP contribution < -0.4 is 4.74 Å². The third-order valence-corrected chi connectivity index (χ3v) is 4.81. The fourth-order valence-corrected chi connectivity index (χ4v) is 3.75. The van der Waals surface area contributed by atoms with Crippen LogP contribution in [0.25, 0.3) is 0 Å². The lowest BCUT2D eigenvalue weighted by Gasteiger charge is -2.11. The topological polar surface area (TPSA) is 26.3 Å². The van der Waals surface area contributed by atoms with Gasteiger partial charge in [0.2, 0.25) is 0 Å². The van der Waals surface area contributed by atoms with Gasteiger partial charge >= 0.3 is 0 Å². The van der Waals surface area contributed by atoms with Crippen molar-refractivity contribution >= 4 is 17.5 Å². The van der Waals surface area contributed by atoms with Crippen LogP contribution in [0.2, 0.25) is 0 Å². The molecule has 2 aromatic rings. The Labute approximate surface area is 129 Å². The molecule has 0 N–H and O–H groups in total. The smallest absolute Gasteiger partial charge is 0.134 e. The van der Waals surface area contributed by atoms with Crippen LogP contribution in [0.15, 0.2) is 53.4 Å². The first-order chi connectivity index (χ1) is 10.2. The van der Waals surface area contributed by atoms with E-state index in [0.717, 1.165) is 17.7 Å². The normalized spacial score (nSPS) is 16.5. The lowest BCUT2D eigenvalue weighted by molar-refractivity contribution is -0.116. The Balaban J connectivity index is 1.53. The third-order valence-electron chi connectivity index (χ3n) is 3.53. The average molecular weight is 298 g/mol. The van der Waals surface area contributed by atoms with E-state index in [-0.39, 0.29) is 5.78 Å². The molecule has 0 radical (unpaired) electrons. The fraction of sp³-hybridized carbons (Fsp3) is 0.278. The van der Waals surface area contributed by atoms with E-state index in [4.69, 9.17) is 4.74 Å². The molecule has 0 bridgehead atoms. The summed E-state index contributed by atoms with van der Waals surface area (Å²) >= 11 is 1.90. The van der Waals surface area contributed by atoms with Gasteiger partial charge in [-0.2, -0.15) is 0 Å². The predicted octanol–water partition coefficient (Wildman–Crippen LogP) is 3.91. The van der Waals surface area contributed by atoms with Crippen LogP contribution >= 0.6 is 11.8 Å². The predicted molar refractivity (Wildman–Crippen MR) is 86.1 cm³/mol.